The minimum Gasteiger partial charge on any atom is -0.308 e. The highest BCUT2D eigenvalue weighted by Gasteiger charge is 2.22. The number of aromatic nitrogens is 3. The molecular formula is C17H24N4OS2. The quantitative estimate of drug-likeness (QED) is 0.497. The molecule has 0 saturated heterocycles. The second-order valence-corrected chi connectivity index (χ2v) is 8.69. The van der Waals surface area contributed by atoms with Crippen molar-refractivity contribution in [2.24, 2.45) is 0 Å². The van der Waals surface area contributed by atoms with E-state index in [0.29, 0.717) is 10.5 Å². The highest BCUT2D eigenvalue weighted by Crippen LogP contribution is 2.34. The summed E-state index contributed by atoms with van der Waals surface area (Å²) in [6, 6.07) is 6.09. The third-order valence-electron chi connectivity index (χ3n) is 3.75. The predicted octanol–water partition coefficient (Wildman–Crippen LogP) is 5.32. The first-order valence-corrected chi connectivity index (χ1v) is 8.55. The van der Waals surface area contributed by atoms with Crippen LogP contribution < -0.4 is 5.06 Å². The van der Waals surface area contributed by atoms with Gasteiger partial charge in [-0.15, -0.1) is 0 Å². The van der Waals surface area contributed by atoms with Crippen molar-refractivity contribution < 1.29 is 5.21 Å². The van der Waals surface area contributed by atoms with Crippen molar-refractivity contribution >= 4 is 36.1 Å². The van der Waals surface area contributed by atoms with Gasteiger partial charge < -0.3 is 9.97 Å². The van der Waals surface area contributed by atoms with Crippen molar-refractivity contribution in [1.29, 1.82) is 0 Å². The van der Waals surface area contributed by atoms with Crippen LogP contribution in [0.2, 0.25) is 0 Å². The predicted molar refractivity (Wildman–Crippen MR) is 102 cm³/mol. The molecule has 0 radical (unpaired) electrons. The summed E-state index contributed by atoms with van der Waals surface area (Å²) in [7, 11) is 0. The van der Waals surface area contributed by atoms with E-state index in [4.69, 9.17) is 24.4 Å². The van der Waals surface area contributed by atoms with Gasteiger partial charge in [0.25, 0.3) is 0 Å². The van der Waals surface area contributed by atoms with Gasteiger partial charge in [-0.2, -0.15) is 10.0 Å². The summed E-state index contributed by atoms with van der Waals surface area (Å²) in [4.78, 5) is 9.64. The summed E-state index contributed by atoms with van der Waals surface area (Å²) in [5.41, 5.74) is 2.77. The number of anilines is 2. The molecule has 130 valence electrons. The van der Waals surface area contributed by atoms with E-state index in [1.54, 1.807) is 0 Å². The maximum absolute atomic E-state index is 10.7. The molecule has 0 aliphatic carbocycles. The van der Waals surface area contributed by atoms with E-state index < -0.39 is 0 Å². The van der Waals surface area contributed by atoms with Crippen molar-refractivity contribution in [2.45, 2.75) is 52.4 Å². The summed E-state index contributed by atoms with van der Waals surface area (Å²) in [6.07, 6.45) is 0. The largest absolute Gasteiger partial charge is 0.308 e. The number of aromatic amines is 2. The van der Waals surface area contributed by atoms with E-state index in [9.17, 15) is 5.21 Å². The van der Waals surface area contributed by atoms with E-state index in [2.05, 4.69) is 62.6 Å². The molecule has 0 aliphatic heterocycles. The minimum absolute atomic E-state index is 0.0508. The third-order valence-corrected chi connectivity index (χ3v) is 4.15. The average Bonchev–Trinajstić information content (AvgIpc) is 2.43. The second kappa shape index (κ2) is 6.38. The van der Waals surface area contributed by atoms with Gasteiger partial charge in [0.15, 0.2) is 4.77 Å². The van der Waals surface area contributed by atoms with Crippen molar-refractivity contribution in [3.05, 3.63) is 38.9 Å². The highest BCUT2D eigenvalue weighted by atomic mass is 32.1. The van der Waals surface area contributed by atoms with E-state index in [-0.39, 0.29) is 21.5 Å². The molecule has 0 fully saturated rings. The molecule has 0 amide bonds. The molecule has 1 heterocycles. The van der Waals surface area contributed by atoms with Crippen LogP contribution >= 0.6 is 24.4 Å². The summed E-state index contributed by atoms with van der Waals surface area (Å²) in [6.45, 7) is 12.9. The lowest BCUT2D eigenvalue weighted by molar-refractivity contribution is 0.293. The zero-order valence-electron chi connectivity index (χ0n) is 14.9. The summed E-state index contributed by atoms with van der Waals surface area (Å²) < 4.78 is 0.530. The van der Waals surface area contributed by atoms with Crippen LogP contribution in [0.1, 0.15) is 52.7 Å². The van der Waals surface area contributed by atoms with Gasteiger partial charge in [-0.3, -0.25) is 5.21 Å². The van der Waals surface area contributed by atoms with Gasteiger partial charge in [0.05, 0.1) is 5.69 Å². The summed E-state index contributed by atoms with van der Waals surface area (Å²) in [5, 5.41) is 11.6. The zero-order chi connectivity index (χ0) is 18.3. The number of hydrogen-bond acceptors (Lipinski definition) is 5. The number of benzene rings is 1. The molecule has 0 saturated carbocycles. The Labute approximate surface area is 152 Å². The van der Waals surface area contributed by atoms with Crippen LogP contribution in [-0.2, 0) is 10.8 Å². The van der Waals surface area contributed by atoms with Crippen molar-refractivity contribution in [2.75, 3.05) is 5.06 Å². The smallest absolute Gasteiger partial charge is 0.236 e. The van der Waals surface area contributed by atoms with Gasteiger partial charge >= 0.3 is 0 Å². The van der Waals surface area contributed by atoms with Crippen LogP contribution in [0.5, 0.6) is 0 Å². The van der Waals surface area contributed by atoms with Crippen LogP contribution in [0, 0.1) is 9.54 Å². The second-order valence-electron chi connectivity index (χ2n) is 7.90. The van der Waals surface area contributed by atoms with Gasteiger partial charge in [-0.05, 0) is 58.5 Å². The Morgan fingerprint density at radius 1 is 0.917 bits per heavy atom. The molecule has 1 aromatic carbocycles. The molecule has 24 heavy (non-hydrogen) atoms. The van der Waals surface area contributed by atoms with Gasteiger partial charge in [0, 0.05) is 0 Å². The van der Waals surface area contributed by atoms with Crippen molar-refractivity contribution in [1.82, 2.24) is 15.0 Å². The lowest BCUT2D eigenvalue weighted by Gasteiger charge is -2.27. The van der Waals surface area contributed by atoms with E-state index in [1.807, 2.05) is 12.1 Å². The van der Waals surface area contributed by atoms with E-state index in [1.165, 1.54) is 0 Å². The topological polar surface area (TPSA) is 67.9 Å². The van der Waals surface area contributed by atoms with Crippen LogP contribution in [0.15, 0.2) is 18.2 Å². The standard InChI is InChI=1S/C17H24N4OS2/c1-16(2,3)10-7-11(17(4,5)6)9-12(8-10)21(22)13-18-14(23)20-15(24)19-13/h7-9,22H,1-6H3,(H2,18,19,20,23,24). The van der Waals surface area contributed by atoms with Crippen LogP contribution in [-0.4, -0.2) is 20.2 Å². The monoisotopic (exact) mass is 364 g/mol. The van der Waals surface area contributed by atoms with Gasteiger partial charge in [-0.1, -0.05) is 47.6 Å². The Bertz CT molecular complexity index is 796. The first-order valence-electron chi connectivity index (χ1n) is 7.73. The Kier molecular flexibility index (Phi) is 4.99. The Balaban J connectivity index is 2.64. The molecule has 0 atom stereocenters. The van der Waals surface area contributed by atoms with Crippen LogP contribution in [0.25, 0.3) is 0 Å². The molecule has 2 rings (SSSR count). The van der Waals surface area contributed by atoms with Crippen LogP contribution in [0.3, 0.4) is 0 Å². The zero-order valence-corrected chi connectivity index (χ0v) is 16.5. The van der Waals surface area contributed by atoms with Gasteiger partial charge in [-0.25, -0.2) is 0 Å². The fourth-order valence-electron chi connectivity index (χ4n) is 2.20. The van der Waals surface area contributed by atoms with Crippen molar-refractivity contribution in [3.63, 3.8) is 0 Å². The van der Waals surface area contributed by atoms with Gasteiger partial charge in [0.2, 0.25) is 10.7 Å². The van der Waals surface area contributed by atoms with Gasteiger partial charge in [0.1, 0.15) is 0 Å². The first-order chi connectivity index (χ1) is 10.9. The Hall–Kier alpha value is -1.57. The molecule has 5 nitrogen and oxygen atoms in total. The van der Waals surface area contributed by atoms with Crippen LogP contribution in [0.4, 0.5) is 11.6 Å². The molecule has 7 heteroatoms. The lowest BCUT2D eigenvalue weighted by Crippen LogP contribution is -2.20. The molecule has 1 aromatic heterocycles. The fourth-order valence-corrected chi connectivity index (χ4v) is 2.65. The molecular weight excluding hydrogens is 340 g/mol. The molecule has 0 unspecified atom stereocenters. The van der Waals surface area contributed by atoms with E-state index in [0.717, 1.165) is 16.2 Å². The van der Waals surface area contributed by atoms with Crippen molar-refractivity contribution in [3.8, 4) is 0 Å². The Morgan fingerprint density at radius 2 is 1.42 bits per heavy atom. The third kappa shape index (κ3) is 4.28. The maximum atomic E-state index is 10.7. The summed E-state index contributed by atoms with van der Waals surface area (Å²) >= 11 is 10.1. The fraction of sp³-hybridized carbons (Fsp3) is 0.471. The average molecular weight is 365 g/mol. The molecule has 0 bridgehead atoms. The Morgan fingerprint density at radius 3 is 1.83 bits per heavy atom. The number of hydrogen-bond donors (Lipinski definition) is 3. The molecule has 0 spiro atoms. The number of nitrogens with one attached hydrogen (secondary N) is 2. The molecule has 2 aromatic rings. The highest BCUT2D eigenvalue weighted by molar-refractivity contribution is 7.71. The van der Waals surface area contributed by atoms with E-state index >= 15 is 0 Å². The minimum atomic E-state index is -0.0508. The normalized spacial score (nSPS) is 12.3. The number of H-pyrrole nitrogens is 2. The molecule has 3 N–H and O–H groups in total. The number of nitrogens with zero attached hydrogens (tertiary/aromatic N) is 2. The lowest BCUT2D eigenvalue weighted by atomic mass is 9.80. The first kappa shape index (κ1) is 18.8. The number of rotatable bonds is 2. The summed E-state index contributed by atoms with van der Waals surface area (Å²) in [5.74, 6) is 0.190. The maximum Gasteiger partial charge on any atom is 0.236 e. The molecule has 0 aliphatic rings. The SMILES string of the molecule is CC(C)(C)c1cc(N(O)c2nc(=S)[nH]c(=S)[nH]2)cc(C(C)(C)C)c1.